The molecule has 0 saturated carbocycles. The molecule has 2 aromatic rings. The first-order valence-electron chi connectivity index (χ1n) is 6.66. The van der Waals surface area contributed by atoms with Gasteiger partial charge in [0, 0.05) is 27.6 Å². The van der Waals surface area contributed by atoms with E-state index >= 15 is 0 Å². The number of benzene rings is 1. The van der Waals surface area contributed by atoms with E-state index in [4.69, 9.17) is 11.6 Å². The summed E-state index contributed by atoms with van der Waals surface area (Å²) in [5.74, 6) is 0. The van der Waals surface area contributed by atoms with Crippen molar-refractivity contribution in [3.63, 3.8) is 0 Å². The normalized spacial score (nSPS) is 11.7. The van der Waals surface area contributed by atoms with Crippen LogP contribution in [0.2, 0.25) is 5.02 Å². The molecule has 0 unspecified atom stereocenters. The summed E-state index contributed by atoms with van der Waals surface area (Å²) in [7, 11) is 0. The third-order valence-corrected chi connectivity index (χ3v) is 4.66. The van der Waals surface area contributed by atoms with Gasteiger partial charge in [-0.15, -0.1) is 0 Å². The minimum absolute atomic E-state index is 0.111. The van der Waals surface area contributed by atoms with E-state index in [1.807, 2.05) is 12.1 Å². The second-order valence-electron chi connectivity index (χ2n) is 5.77. The quantitative estimate of drug-likeness (QED) is 0.748. The van der Waals surface area contributed by atoms with Crippen molar-refractivity contribution in [2.75, 3.05) is 0 Å². The molecule has 5 heteroatoms. The molecule has 1 aromatic heterocycles. The van der Waals surface area contributed by atoms with Crippen molar-refractivity contribution < 1.29 is 0 Å². The van der Waals surface area contributed by atoms with Crippen LogP contribution in [0.25, 0.3) is 0 Å². The highest BCUT2D eigenvalue weighted by Crippen LogP contribution is 2.30. The molecule has 1 heterocycles. The zero-order chi connectivity index (χ0) is 15.5. The number of halogens is 2. The molecule has 0 saturated heterocycles. The highest BCUT2D eigenvalue weighted by atomic mass is 79.9. The standard InChI is InChI=1S/C16H18BrClN2S/c1-16(2,3)20-9-11-4-6-13(8-14(11)17)21-15-7-5-12(18)10-19-15/h4-8,10,20H,9H2,1-3H3. The molecule has 0 amide bonds. The maximum absolute atomic E-state index is 5.85. The first kappa shape index (κ1) is 16.8. The summed E-state index contributed by atoms with van der Waals surface area (Å²) in [6, 6.07) is 10.2. The lowest BCUT2D eigenvalue weighted by Gasteiger charge is -2.21. The van der Waals surface area contributed by atoms with Gasteiger partial charge in [0.15, 0.2) is 0 Å². The van der Waals surface area contributed by atoms with Gasteiger partial charge >= 0.3 is 0 Å². The Morgan fingerprint density at radius 3 is 2.57 bits per heavy atom. The van der Waals surface area contributed by atoms with Gasteiger partial charge in [0.2, 0.25) is 0 Å². The Morgan fingerprint density at radius 2 is 2.00 bits per heavy atom. The van der Waals surface area contributed by atoms with Crippen molar-refractivity contribution in [1.29, 1.82) is 0 Å². The van der Waals surface area contributed by atoms with E-state index in [-0.39, 0.29) is 5.54 Å². The zero-order valence-electron chi connectivity index (χ0n) is 12.3. The highest BCUT2D eigenvalue weighted by molar-refractivity contribution is 9.10. The largest absolute Gasteiger partial charge is 0.308 e. The minimum Gasteiger partial charge on any atom is -0.308 e. The van der Waals surface area contributed by atoms with Gasteiger partial charge < -0.3 is 5.32 Å². The molecule has 1 N–H and O–H groups in total. The fraction of sp³-hybridized carbons (Fsp3) is 0.312. The van der Waals surface area contributed by atoms with Gasteiger partial charge in [-0.3, -0.25) is 0 Å². The lowest BCUT2D eigenvalue weighted by atomic mass is 10.1. The van der Waals surface area contributed by atoms with E-state index in [1.54, 1.807) is 18.0 Å². The molecular weight excluding hydrogens is 368 g/mol. The Balaban J connectivity index is 2.06. The number of hydrogen-bond acceptors (Lipinski definition) is 3. The Bertz CT molecular complexity index is 609. The maximum Gasteiger partial charge on any atom is 0.101 e. The summed E-state index contributed by atoms with van der Waals surface area (Å²) in [5.41, 5.74) is 1.36. The van der Waals surface area contributed by atoms with Gasteiger partial charge in [0.05, 0.1) is 5.02 Å². The molecule has 1 aromatic carbocycles. The fourth-order valence-corrected chi connectivity index (χ4v) is 3.22. The molecule has 0 aliphatic carbocycles. The molecule has 0 aliphatic heterocycles. The van der Waals surface area contributed by atoms with Crippen LogP contribution in [0, 0.1) is 0 Å². The molecule has 0 radical (unpaired) electrons. The van der Waals surface area contributed by atoms with Crippen molar-refractivity contribution in [3.05, 3.63) is 51.6 Å². The van der Waals surface area contributed by atoms with Gasteiger partial charge in [0.25, 0.3) is 0 Å². The molecule has 2 rings (SSSR count). The van der Waals surface area contributed by atoms with Crippen molar-refractivity contribution in [3.8, 4) is 0 Å². The smallest absolute Gasteiger partial charge is 0.101 e. The zero-order valence-corrected chi connectivity index (χ0v) is 15.4. The van der Waals surface area contributed by atoms with Crippen molar-refractivity contribution in [2.45, 2.75) is 42.8 Å². The van der Waals surface area contributed by atoms with Crippen molar-refractivity contribution in [1.82, 2.24) is 10.3 Å². The van der Waals surface area contributed by atoms with E-state index in [2.05, 4.69) is 65.2 Å². The van der Waals surface area contributed by atoms with Crippen LogP contribution in [0.1, 0.15) is 26.3 Å². The summed E-state index contributed by atoms with van der Waals surface area (Å²) in [4.78, 5) is 5.45. The first-order valence-corrected chi connectivity index (χ1v) is 8.65. The van der Waals surface area contributed by atoms with E-state index in [0.717, 1.165) is 20.9 Å². The highest BCUT2D eigenvalue weighted by Gasteiger charge is 2.10. The molecule has 21 heavy (non-hydrogen) atoms. The van der Waals surface area contributed by atoms with E-state index in [1.165, 1.54) is 5.56 Å². The lowest BCUT2D eigenvalue weighted by molar-refractivity contribution is 0.424. The third kappa shape index (κ3) is 5.62. The SMILES string of the molecule is CC(C)(C)NCc1ccc(Sc2ccc(Cl)cn2)cc1Br. The van der Waals surface area contributed by atoms with Crippen LogP contribution < -0.4 is 5.32 Å². The average Bonchev–Trinajstić information content (AvgIpc) is 2.39. The fourth-order valence-electron chi connectivity index (χ4n) is 1.64. The van der Waals surface area contributed by atoms with Gasteiger partial charge in [-0.25, -0.2) is 4.98 Å². The molecular formula is C16H18BrClN2S. The van der Waals surface area contributed by atoms with Crippen LogP contribution in [0.3, 0.4) is 0 Å². The molecule has 0 bridgehead atoms. The summed E-state index contributed by atoms with van der Waals surface area (Å²) in [6.45, 7) is 7.33. The van der Waals surface area contributed by atoms with E-state index in [0.29, 0.717) is 5.02 Å². The van der Waals surface area contributed by atoms with Gasteiger partial charge in [-0.2, -0.15) is 0 Å². The monoisotopic (exact) mass is 384 g/mol. The van der Waals surface area contributed by atoms with E-state index < -0.39 is 0 Å². The number of aromatic nitrogens is 1. The Morgan fingerprint density at radius 1 is 1.24 bits per heavy atom. The van der Waals surface area contributed by atoms with Gasteiger partial charge in [-0.05, 0) is 50.6 Å². The Hall–Kier alpha value is -0.550. The Labute approximate surface area is 143 Å². The number of hydrogen-bond donors (Lipinski definition) is 1. The number of nitrogens with zero attached hydrogens (tertiary/aromatic N) is 1. The number of rotatable bonds is 4. The molecule has 112 valence electrons. The topological polar surface area (TPSA) is 24.9 Å². The van der Waals surface area contributed by atoms with Crippen LogP contribution in [0.4, 0.5) is 0 Å². The number of pyridine rings is 1. The molecule has 0 aliphatic rings. The van der Waals surface area contributed by atoms with Gasteiger partial charge in [0.1, 0.15) is 5.03 Å². The minimum atomic E-state index is 0.111. The number of nitrogens with one attached hydrogen (secondary N) is 1. The van der Waals surface area contributed by atoms with E-state index in [9.17, 15) is 0 Å². The third-order valence-electron chi connectivity index (χ3n) is 2.76. The van der Waals surface area contributed by atoms with Crippen LogP contribution in [0.15, 0.2) is 50.9 Å². The van der Waals surface area contributed by atoms with Crippen LogP contribution in [0.5, 0.6) is 0 Å². The maximum atomic E-state index is 5.85. The molecule has 2 nitrogen and oxygen atoms in total. The van der Waals surface area contributed by atoms with Crippen molar-refractivity contribution >= 4 is 39.3 Å². The Kier molecular flexibility index (Phi) is 5.72. The summed E-state index contributed by atoms with van der Waals surface area (Å²) >= 11 is 11.1. The second kappa shape index (κ2) is 7.14. The predicted molar refractivity (Wildman–Crippen MR) is 94.1 cm³/mol. The second-order valence-corrected chi connectivity index (χ2v) is 8.16. The summed E-state index contributed by atoms with van der Waals surface area (Å²) in [6.07, 6.45) is 1.67. The first-order chi connectivity index (χ1) is 9.83. The lowest BCUT2D eigenvalue weighted by Crippen LogP contribution is -2.35. The van der Waals surface area contributed by atoms with Crippen molar-refractivity contribution in [2.24, 2.45) is 0 Å². The van der Waals surface area contributed by atoms with Crippen LogP contribution in [-0.4, -0.2) is 10.5 Å². The van der Waals surface area contributed by atoms with Crippen LogP contribution >= 0.6 is 39.3 Å². The predicted octanol–water partition coefficient (Wildman–Crippen LogP) is 5.54. The van der Waals surface area contributed by atoms with Gasteiger partial charge in [-0.1, -0.05) is 45.4 Å². The summed E-state index contributed by atoms with van der Waals surface area (Å²) < 4.78 is 1.11. The molecule has 0 fully saturated rings. The average molecular weight is 386 g/mol. The molecule has 0 spiro atoms. The van der Waals surface area contributed by atoms with Crippen LogP contribution in [-0.2, 0) is 6.54 Å². The summed E-state index contributed by atoms with van der Waals surface area (Å²) in [5, 5.41) is 5.08. The molecule has 0 atom stereocenters.